The molecule has 1 aromatic carbocycles. The summed E-state index contributed by atoms with van der Waals surface area (Å²) >= 11 is 11.9. The summed E-state index contributed by atoms with van der Waals surface area (Å²) in [6, 6.07) is 5.38. The average Bonchev–Trinajstić information content (AvgIpc) is 2.71. The second-order valence-electron chi connectivity index (χ2n) is 4.51. The summed E-state index contributed by atoms with van der Waals surface area (Å²) in [5, 5.41) is 3.89. The molecule has 1 aliphatic carbocycles. The van der Waals surface area contributed by atoms with Gasteiger partial charge in [0.1, 0.15) is 0 Å². The van der Waals surface area contributed by atoms with Crippen LogP contribution >= 0.6 is 23.2 Å². The Balaban J connectivity index is 2.17. The molecule has 1 N–H and O–H groups in total. The van der Waals surface area contributed by atoms with Gasteiger partial charge in [0.25, 0.3) is 5.56 Å². The highest BCUT2D eigenvalue weighted by atomic mass is 35.5. The predicted octanol–water partition coefficient (Wildman–Crippen LogP) is 3.35. The van der Waals surface area contributed by atoms with Crippen LogP contribution in [0.25, 0.3) is 5.69 Å². The minimum atomic E-state index is 0.00997. The summed E-state index contributed by atoms with van der Waals surface area (Å²) in [6.45, 7) is 0. The lowest BCUT2D eigenvalue weighted by Crippen LogP contribution is -2.10. The number of aromatic amines is 1. The van der Waals surface area contributed by atoms with E-state index in [4.69, 9.17) is 23.2 Å². The van der Waals surface area contributed by atoms with Crippen LogP contribution in [0.3, 0.4) is 0 Å². The van der Waals surface area contributed by atoms with Crippen LogP contribution in [0, 0.1) is 0 Å². The Hall–Kier alpha value is -1.19. The molecular formula is C13H12Cl2N2O. The first-order valence-electron chi connectivity index (χ1n) is 5.95. The van der Waals surface area contributed by atoms with E-state index in [9.17, 15) is 4.79 Å². The van der Waals surface area contributed by atoms with Gasteiger partial charge >= 0.3 is 0 Å². The molecule has 0 saturated carbocycles. The number of H-pyrrole nitrogens is 1. The first-order chi connectivity index (χ1) is 8.66. The maximum atomic E-state index is 11.9. The highest BCUT2D eigenvalue weighted by Crippen LogP contribution is 2.26. The summed E-state index contributed by atoms with van der Waals surface area (Å²) in [5.74, 6) is 0. The smallest absolute Gasteiger partial charge is 0.267 e. The third kappa shape index (κ3) is 1.88. The SMILES string of the molecule is O=c1[nH]n(-c2ccc(Cl)c(Cl)c2)c2c1CCCC2. The predicted molar refractivity (Wildman–Crippen MR) is 73.1 cm³/mol. The summed E-state index contributed by atoms with van der Waals surface area (Å²) in [5.41, 5.74) is 2.84. The lowest BCUT2D eigenvalue weighted by Gasteiger charge is -2.14. The van der Waals surface area contributed by atoms with Gasteiger partial charge in [-0.1, -0.05) is 23.2 Å². The molecule has 3 nitrogen and oxygen atoms in total. The monoisotopic (exact) mass is 282 g/mol. The number of rotatable bonds is 1. The van der Waals surface area contributed by atoms with Gasteiger partial charge in [0.2, 0.25) is 0 Å². The zero-order chi connectivity index (χ0) is 12.7. The molecule has 0 amide bonds. The molecule has 0 unspecified atom stereocenters. The van der Waals surface area contributed by atoms with Crippen LogP contribution in [0.15, 0.2) is 23.0 Å². The van der Waals surface area contributed by atoms with Crippen LogP contribution in [0.2, 0.25) is 10.0 Å². The Labute approximate surface area is 114 Å². The fourth-order valence-corrected chi connectivity index (χ4v) is 2.75. The first-order valence-corrected chi connectivity index (χ1v) is 6.70. The Bertz CT molecular complexity index is 657. The molecule has 1 aliphatic rings. The van der Waals surface area contributed by atoms with Gasteiger partial charge in [-0.15, -0.1) is 0 Å². The molecule has 0 spiro atoms. The highest BCUT2D eigenvalue weighted by Gasteiger charge is 2.19. The van der Waals surface area contributed by atoms with E-state index in [2.05, 4.69) is 5.10 Å². The van der Waals surface area contributed by atoms with Gasteiger partial charge in [0.15, 0.2) is 0 Å². The van der Waals surface area contributed by atoms with Crippen molar-refractivity contribution in [3.05, 3.63) is 49.9 Å². The molecule has 0 saturated heterocycles. The lowest BCUT2D eigenvalue weighted by atomic mass is 9.98. The van der Waals surface area contributed by atoms with Crippen LogP contribution in [0.4, 0.5) is 0 Å². The Kier molecular flexibility index (Phi) is 2.96. The van der Waals surface area contributed by atoms with Gasteiger partial charge in [-0.3, -0.25) is 14.6 Å². The van der Waals surface area contributed by atoms with Crippen LogP contribution < -0.4 is 5.56 Å². The van der Waals surface area contributed by atoms with E-state index in [1.807, 2.05) is 10.7 Å². The molecule has 0 atom stereocenters. The number of nitrogens with one attached hydrogen (secondary N) is 1. The second kappa shape index (κ2) is 4.48. The van der Waals surface area contributed by atoms with Crippen molar-refractivity contribution in [3.63, 3.8) is 0 Å². The summed E-state index contributed by atoms with van der Waals surface area (Å²) in [6.07, 6.45) is 3.99. The second-order valence-corrected chi connectivity index (χ2v) is 5.32. The maximum absolute atomic E-state index is 11.9. The number of halogens is 2. The van der Waals surface area contributed by atoms with Gasteiger partial charge in [0, 0.05) is 11.3 Å². The molecule has 1 aromatic heterocycles. The molecule has 1 heterocycles. The van der Waals surface area contributed by atoms with Crippen molar-refractivity contribution in [3.8, 4) is 5.69 Å². The molecular weight excluding hydrogens is 271 g/mol. The average molecular weight is 283 g/mol. The van der Waals surface area contributed by atoms with Gasteiger partial charge in [-0.25, -0.2) is 0 Å². The normalized spacial score (nSPS) is 14.6. The first kappa shape index (κ1) is 11.9. The zero-order valence-corrected chi connectivity index (χ0v) is 11.2. The van der Waals surface area contributed by atoms with Gasteiger partial charge in [0.05, 0.1) is 15.7 Å². The molecule has 3 rings (SSSR count). The Morgan fingerprint density at radius 1 is 1.11 bits per heavy atom. The quantitative estimate of drug-likeness (QED) is 0.856. The van der Waals surface area contributed by atoms with Crippen LogP contribution in [-0.2, 0) is 12.8 Å². The van der Waals surface area contributed by atoms with E-state index in [1.165, 1.54) is 0 Å². The zero-order valence-electron chi connectivity index (χ0n) is 9.67. The van der Waals surface area contributed by atoms with Gasteiger partial charge < -0.3 is 0 Å². The summed E-state index contributed by atoms with van der Waals surface area (Å²) in [4.78, 5) is 11.9. The molecule has 2 aromatic rings. The number of aromatic nitrogens is 2. The van der Waals surface area contributed by atoms with Crippen molar-refractivity contribution in [2.75, 3.05) is 0 Å². The van der Waals surface area contributed by atoms with Crippen molar-refractivity contribution < 1.29 is 0 Å². The van der Waals surface area contributed by atoms with E-state index in [1.54, 1.807) is 12.1 Å². The number of nitrogens with zero attached hydrogens (tertiary/aromatic N) is 1. The third-order valence-corrected chi connectivity index (χ3v) is 4.10. The fourth-order valence-electron chi connectivity index (χ4n) is 2.46. The molecule has 18 heavy (non-hydrogen) atoms. The number of hydrogen-bond donors (Lipinski definition) is 1. The van der Waals surface area contributed by atoms with E-state index in [-0.39, 0.29) is 5.56 Å². The number of fused-ring (bicyclic) bond motifs is 1. The van der Waals surface area contributed by atoms with Gasteiger partial charge in [-0.05, 0) is 43.9 Å². The standard InChI is InChI=1S/C13H12Cl2N2O/c14-10-6-5-8(7-11(10)15)17-12-4-2-1-3-9(12)13(18)16-17/h5-7H,1-4H2,(H,16,18). The van der Waals surface area contributed by atoms with E-state index in [0.29, 0.717) is 10.0 Å². The maximum Gasteiger partial charge on any atom is 0.267 e. The number of hydrogen-bond acceptors (Lipinski definition) is 1. The van der Waals surface area contributed by atoms with Crippen molar-refractivity contribution in [1.29, 1.82) is 0 Å². The van der Waals surface area contributed by atoms with Crippen LogP contribution in [0.1, 0.15) is 24.1 Å². The van der Waals surface area contributed by atoms with E-state index < -0.39 is 0 Å². The topological polar surface area (TPSA) is 37.8 Å². The van der Waals surface area contributed by atoms with Crippen molar-refractivity contribution in [1.82, 2.24) is 9.78 Å². The largest absolute Gasteiger partial charge is 0.268 e. The molecule has 94 valence electrons. The minimum Gasteiger partial charge on any atom is -0.268 e. The van der Waals surface area contributed by atoms with Crippen molar-refractivity contribution in [2.45, 2.75) is 25.7 Å². The summed E-state index contributed by atoms with van der Waals surface area (Å²) in [7, 11) is 0. The molecule has 0 bridgehead atoms. The molecule has 5 heteroatoms. The fraction of sp³-hybridized carbons (Fsp3) is 0.308. The van der Waals surface area contributed by atoms with E-state index in [0.717, 1.165) is 42.6 Å². The Morgan fingerprint density at radius 2 is 1.89 bits per heavy atom. The Morgan fingerprint density at radius 3 is 2.67 bits per heavy atom. The van der Waals surface area contributed by atoms with Crippen LogP contribution in [0.5, 0.6) is 0 Å². The molecule has 0 fully saturated rings. The highest BCUT2D eigenvalue weighted by molar-refractivity contribution is 6.42. The van der Waals surface area contributed by atoms with E-state index >= 15 is 0 Å². The molecule has 0 radical (unpaired) electrons. The van der Waals surface area contributed by atoms with Crippen LogP contribution in [-0.4, -0.2) is 9.78 Å². The summed E-state index contributed by atoms with van der Waals surface area (Å²) < 4.78 is 1.83. The van der Waals surface area contributed by atoms with Crippen molar-refractivity contribution in [2.24, 2.45) is 0 Å². The third-order valence-electron chi connectivity index (χ3n) is 3.36. The van der Waals surface area contributed by atoms with Gasteiger partial charge in [-0.2, -0.15) is 0 Å². The minimum absolute atomic E-state index is 0.00997. The molecule has 0 aliphatic heterocycles. The van der Waals surface area contributed by atoms with Crippen molar-refractivity contribution >= 4 is 23.2 Å². The lowest BCUT2D eigenvalue weighted by molar-refractivity contribution is 0.653. The number of benzene rings is 1.